The van der Waals surface area contributed by atoms with Gasteiger partial charge in [-0.15, -0.1) is 0 Å². The van der Waals surface area contributed by atoms with E-state index in [1.54, 1.807) is 20.9 Å². The van der Waals surface area contributed by atoms with E-state index >= 15 is 0 Å². The normalized spacial score (nSPS) is 12.1. The molecule has 0 aliphatic carbocycles. The lowest BCUT2D eigenvalue weighted by atomic mass is 10.0. The van der Waals surface area contributed by atoms with E-state index in [2.05, 4.69) is 20.6 Å². The second kappa shape index (κ2) is 6.13. The van der Waals surface area contributed by atoms with Crippen LogP contribution in [-0.2, 0) is 4.79 Å². The van der Waals surface area contributed by atoms with E-state index in [0.29, 0.717) is 0 Å². The predicted molar refractivity (Wildman–Crippen MR) is 74.4 cm³/mol. The van der Waals surface area contributed by atoms with Crippen LogP contribution in [0.5, 0.6) is 0 Å². The van der Waals surface area contributed by atoms with Crippen LogP contribution in [0, 0.1) is 23.0 Å². The molecule has 0 aliphatic rings. The Kier molecular flexibility index (Phi) is 4.78. The third kappa shape index (κ3) is 3.31. The molecule has 1 aromatic heterocycles. The minimum absolute atomic E-state index is 0.0237. The number of carbonyl (C=O) groups excluding carboxylic acids is 1. The van der Waals surface area contributed by atoms with Crippen molar-refractivity contribution in [1.29, 1.82) is 0 Å². The largest absolute Gasteiger partial charge is 0.368 e. The van der Waals surface area contributed by atoms with E-state index in [0.717, 1.165) is 0 Å². The number of nitrogens with one attached hydrogen (secondary N) is 2. The van der Waals surface area contributed by atoms with Crippen molar-refractivity contribution in [2.45, 2.75) is 26.8 Å². The Bertz CT molecular complexity index is 531. The van der Waals surface area contributed by atoms with Crippen LogP contribution in [0.1, 0.15) is 19.5 Å². The zero-order valence-corrected chi connectivity index (χ0v) is 11.8. The van der Waals surface area contributed by atoms with Crippen molar-refractivity contribution in [2.75, 3.05) is 17.7 Å². The minimum atomic E-state index is -0.757. The van der Waals surface area contributed by atoms with Crippen LogP contribution >= 0.6 is 0 Å². The molecule has 0 spiro atoms. The quantitative estimate of drug-likeness (QED) is 0.514. The van der Waals surface area contributed by atoms with Crippen molar-refractivity contribution in [3.63, 3.8) is 0 Å². The van der Waals surface area contributed by atoms with Crippen LogP contribution in [0.15, 0.2) is 0 Å². The number of nitrogens with zero attached hydrogens (tertiary/aromatic N) is 3. The highest BCUT2D eigenvalue weighted by Crippen LogP contribution is 2.27. The van der Waals surface area contributed by atoms with Crippen molar-refractivity contribution in [3.8, 4) is 0 Å². The maximum atomic E-state index is 11.4. The summed E-state index contributed by atoms with van der Waals surface area (Å²) < 4.78 is 0. The van der Waals surface area contributed by atoms with Crippen molar-refractivity contribution in [3.05, 3.63) is 15.8 Å². The van der Waals surface area contributed by atoms with Gasteiger partial charge in [-0.1, -0.05) is 13.8 Å². The van der Waals surface area contributed by atoms with Crippen molar-refractivity contribution in [2.24, 2.45) is 11.7 Å². The summed E-state index contributed by atoms with van der Waals surface area (Å²) in [5.41, 5.74) is 5.22. The molecular weight excluding hydrogens is 264 g/mol. The first-order valence-electron chi connectivity index (χ1n) is 6.04. The fraction of sp³-hybridized carbons (Fsp3) is 0.545. The van der Waals surface area contributed by atoms with Crippen LogP contribution in [0.4, 0.5) is 17.5 Å². The van der Waals surface area contributed by atoms with E-state index in [1.807, 2.05) is 0 Å². The number of carbonyl (C=O) groups is 1. The fourth-order valence-corrected chi connectivity index (χ4v) is 1.71. The van der Waals surface area contributed by atoms with E-state index < -0.39 is 16.9 Å². The number of primary amides is 1. The second-order valence-electron chi connectivity index (χ2n) is 4.61. The summed E-state index contributed by atoms with van der Waals surface area (Å²) in [4.78, 5) is 29.9. The van der Waals surface area contributed by atoms with Crippen LogP contribution in [0.25, 0.3) is 0 Å². The molecular formula is C11H18N6O3. The Morgan fingerprint density at radius 2 is 2.00 bits per heavy atom. The molecule has 0 saturated heterocycles. The number of rotatable bonds is 6. The highest BCUT2D eigenvalue weighted by molar-refractivity contribution is 5.83. The summed E-state index contributed by atoms with van der Waals surface area (Å²) >= 11 is 0. The van der Waals surface area contributed by atoms with Crippen molar-refractivity contribution in [1.82, 2.24) is 9.97 Å². The smallest absolute Gasteiger partial charge is 0.332 e. The molecule has 0 fully saturated rings. The van der Waals surface area contributed by atoms with Gasteiger partial charge in [-0.2, -0.15) is 4.98 Å². The van der Waals surface area contributed by atoms with Gasteiger partial charge in [-0.05, 0) is 12.8 Å². The lowest BCUT2D eigenvalue weighted by Crippen LogP contribution is -2.40. The number of hydrogen-bond donors (Lipinski definition) is 3. The number of amides is 1. The highest BCUT2D eigenvalue weighted by Gasteiger charge is 2.27. The average Bonchev–Trinajstić information content (AvgIpc) is 2.33. The number of anilines is 2. The van der Waals surface area contributed by atoms with Crippen LogP contribution in [0.2, 0.25) is 0 Å². The SMILES string of the molecule is CNc1nc(C)c([N+](=O)[O-])c(NC(C(N)=O)C(C)C)n1. The van der Waals surface area contributed by atoms with E-state index in [-0.39, 0.29) is 29.1 Å². The molecule has 0 saturated carbocycles. The molecule has 110 valence electrons. The van der Waals surface area contributed by atoms with E-state index in [4.69, 9.17) is 5.73 Å². The van der Waals surface area contributed by atoms with E-state index in [9.17, 15) is 14.9 Å². The number of hydrogen-bond acceptors (Lipinski definition) is 7. The first-order valence-corrected chi connectivity index (χ1v) is 6.04. The zero-order chi connectivity index (χ0) is 15.4. The van der Waals surface area contributed by atoms with Crippen LogP contribution in [0.3, 0.4) is 0 Å². The Labute approximate surface area is 116 Å². The lowest BCUT2D eigenvalue weighted by Gasteiger charge is -2.19. The Morgan fingerprint density at radius 3 is 2.40 bits per heavy atom. The third-order valence-corrected chi connectivity index (χ3v) is 2.73. The number of nitrogens with two attached hydrogens (primary N) is 1. The molecule has 1 atom stereocenters. The van der Waals surface area contributed by atoms with Crippen LogP contribution < -0.4 is 16.4 Å². The molecule has 9 heteroatoms. The van der Waals surface area contributed by atoms with Gasteiger partial charge in [0, 0.05) is 7.05 Å². The van der Waals surface area contributed by atoms with Gasteiger partial charge >= 0.3 is 5.69 Å². The summed E-state index contributed by atoms with van der Waals surface area (Å²) in [6.45, 7) is 5.06. The summed E-state index contributed by atoms with van der Waals surface area (Å²) in [6.07, 6.45) is 0. The van der Waals surface area contributed by atoms with Gasteiger partial charge in [0.05, 0.1) is 4.92 Å². The lowest BCUT2D eigenvalue weighted by molar-refractivity contribution is -0.385. The molecule has 20 heavy (non-hydrogen) atoms. The van der Waals surface area contributed by atoms with Gasteiger partial charge < -0.3 is 16.4 Å². The molecule has 0 aromatic carbocycles. The first kappa shape index (κ1) is 15.6. The Balaban J connectivity index is 3.30. The number of aromatic nitrogens is 2. The molecule has 1 aromatic rings. The van der Waals surface area contributed by atoms with Crippen LogP contribution in [-0.4, -0.2) is 33.9 Å². The maximum absolute atomic E-state index is 11.4. The molecule has 0 bridgehead atoms. The minimum Gasteiger partial charge on any atom is -0.368 e. The topological polar surface area (TPSA) is 136 Å². The molecule has 0 radical (unpaired) electrons. The predicted octanol–water partition coefficient (Wildman–Crippen LogP) is 0.657. The maximum Gasteiger partial charge on any atom is 0.332 e. The van der Waals surface area contributed by atoms with Gasteiger partial charge in [0.25, 0.3) is 0 Å². The van der Waals surface area contributed by atoms with Crippen molar-refractivity contribution < 1.29 is 9.72 Å². The summed E-state index contributed by atoms with van der Waals surface area (Å²) in [5.74, 6) is -0.538. The molecule has 4 N–H and O–H groups in total. The monoisotopic (exact) mass is 282 g/mol. The van der Waals surface area contributed by atoms with Gasteiger partial charge in [-0.25, -0.2) is 4.98 Å². The number of aryl methyl sites for hydroxylation is 1. The molecule has 1 amide bonds. The number of nitro groups is 1. The highest BCUT2D eigenvalue weighted by atomic mass is 16.6. The third-order valence-electron chi connectivity index (χ3n) is 2.73. The molecule has 9 nitrogen and oxygen atoms in total. The second-order valence-corrected chi connectivity index (χ2v) is 4.61. The average molecular weight is 282 g/mol. The first-order chi connectivity index (χ1) is 9.27. The Hall–Kier alpha value is -2.45. The van der Waals surface area contributed by atoms with E-state index in [1.165, 1.54) is 6.92 Å². The summed E-state index contributed by atoms with van der Waals surface area (Å²) in [5, 5.41) is 16.6. The molecule has 1 unspecified atom stereocenters. The molecule has 0 aliphatic heterocycles. The van der Waals surface area contributed by atoms with Gasteiger partial charge in [0.15, 0.2) is 0 Å². The Morgan fingerprint density at radius 1 is 1.40 bits per heavy atom. The van der Waals surface area contributed by atoms with Gasteiger partial charge in [-0.3, -0.25) is 14.9 Å². The molecule has 1 rings (SSSR count). The van der Waals surface area contributed by atoms with Gasteiger partial charge in [0.1, 0.15) is 11.7 Å². The van der Waals surface area contributed by atoms with Gasteiger partial charge in [0.2, 0.25) is 17.7 Å². The molecule has 1 heterocycles. The fourth-order valence-electron chi connectivity index (χ4n) is 1.71. The van der Waals surface area contributed by atoms with Crippen molar-refractivity contribution >= 4 is 23.4 Å². The standard InChI is InChI=1S/C11H18N6O3/c1-5(2)7(9(12)18)15-10-8(17(19)20)6(3)14-11(13-4)16-10/h5,7H,1-4H3,(H2,12,18)(H2,13,14,15,16). The summed E-state index contributed by atoms with van der Waals surface area (Å²) in [7, 11) is 1.60. The summed E-state index contributed by atoms with van der Waals surface area (Å²) in [6, 6.07) is -0.757. The zero-order valence-electron chi connectivity index (χ0n) is 11.8.